The smallest absolute Gasteiger partial charge is 0.0377 e. The topological polar surface area (TPSA) is 15.3 Å². The predicted octanol–water partition coefficient (Wildman–Crippen LogP) is 0.824. The lowest BCUT2D eigenvalue weighted by atomic mass is 9.85. The molecule has 3 rings (SSSR count). The molecule has 0 aliphatic carbocycles. The lowest BCUT2D eigenvalue weighted by Gasteiger charge is -2.43. The van der Waals surface area contributed by atoms with Gasteiger partial charge in [-0.3, -0.25) is 0 Å². The Hall–Kier alpha value is 0.210. The average Bonchev–Trinajstić information content (AvgIpc) is 2.06. The lowest BCUT2D eigenvalue weighted by molar-refractivity contribution is 0.0830. The van der Waals surface area contributed by atoms with E-state index in [9.17, 15) is 0 Å². The van der Waals surface area contributed by atoms with Crippen molar-refractivity contribution in [2.75, 3.05) is 19.6 Å². The largest absolute Gasteiger partial charge is 0.302 e. The van der Waals surface area contributed by atoms with Crippen LogP contribution in [0.5, 0.6) is 0 Å². The van der Waals surface area contributed by atoms with Gasteiger partial charge < -0.3 is 4.90 Å². The zero-order chi connectivity index (χ0) is 6.97. The highest BCUT2D eigenvalue weighted by atomic mass is 35.5. The number of hydrogen-bond donors (Lipinski definition) is 1. The van der Waals surface area contributed by atoms with Crippen LogP contribution in [0.15, 0.2) is 0 Å². The van der Waals surface area contributed by atoms with Crippen LogP contribution in [0.2, 0.25) is 0 Å². The molecule has 3 heteroatoms. The highest BCUT2D eigenvalue weighted by Crippen LogP contribution is 2.27. The molecule has 58 valence electrons. The summed E-state index contributed by atoms with van der Waals surface area (Å²) in [4.78, 5) is 5.35. The molecule has 1 atom stereocenters. The van der Waals surface area contributed by atoms with E-state index in [0.717, 1.165) is 12.5 Å². The third kappa shape index (κ3) is 1.04. The molecule has 0 saturated carbocycles. The van der Waals surface area contributed by atoms with Crippen molar-refractivity contribution in [2.45, 2.75) is 18.9 Å². The highest BCUT2D eigenvalue weighted by molar-refractivity contribution is 6.13. The van der Waals surface area contributed by atoms with Crippen molar-refractivity contribution < 1.29 is 0 Å². The molecule has 0 aromatic carbocycles. The second kappa shape index (κ2) is 2.68. The Morgan fingerprint density at radius 2 is 2.00 bits per heavy atom. The first kappa shape index (κ1) is 6.89. The standard InChI is InChI=1S/C7H13ClN2/c8-9-7-5-10-3-1-6(7)2-4-10/h6-7,9H,1-5H2. The third-order valence-corrected chi connectivity index (χ3v) is 3.08. The minimum Gasteiger partial charge on any atom is -0.302 e. The van der Waals surface area contributed by atoms with E-state index in [1.165, 1.54) is 25.9 Å². The van der Waals surface area contributed by atoms with Crippen molar-refractivity contribution in [3.05, 3.63) is 0 Å². The van der Waals surface area contributed by atoms with E-state index in [0.29, 0.717) is 6.04 Å². The van der Waals surface area contributed by atoms with Gasteiger partial charge in [0.15, 0.2) is 0 Å². The molecule has 0 radical (unpaired) electrons. The summed E-state index contributed by atoms with van der Waals surface area (Å²) < 4.78 is 0. The summed E-state index contributed by atoms with van der Waals surface area (Å²) >= 11 is 5.60. The van der Waals surface area contributed by atoms with Crippen LogP contribution in [0.3, 0.4) is 0 Å². The molecule has 0 amide bonds. The van der Waals surface area contributed by atoms with E-state index >= 15 is 0 Å². The zero-order valence-electron chi connectivity index (χ0n) is 6.02. The maximum atomic E-state index is 5.60. The molecule has 2 bridgehead atoms. The van der Waals surface area contributed by atoms with Crippen LogP contribution >= 0.6 is 11.8 Å². The Morgan fingerprint density at radius 3 is 2.30 bits per heavy atom. The summed E-state index contributed by atoms with van der Waals surface area (Å²) in [6.45, 7) is 3.74. The highest BCUT2D eigenvalue weighted by Gasteiger charge is 2.33. The molecule has 2 nitrogen and oxygen atoms in total. The maximum absolute atomic E-state index is 5.60. The zero-order valence-corrected chi connectivity index (χ0v) is 6.77. The molecular formula is C7H13ClN2. The number of nitrogens with one attached hydrogen (secondary N) is 1. The number of fused-ring (bicyclic) bond motifs is 3. The summed E-state index contributed by atoms with van der Waals surface area (Å²) in [5.41, 5.74) is 0. The molecule has 3 heterocycles. The predicted molar refractivity (Wildman–Crippen MR) is 41.9 cm³/mol. The Balaban J connectivity index is 2.01. The van der Waals surface area contributed by atoms with Gasteiger partial charge in [0, 0.05) is 12.6 Å². The number of halogens is 1. The molecule has 1 unspecified atom stereocenters. The Bertz CT molecular complexity index is 121. The van der Waals surface area contributed by atoms with Gasteiger partial charge >= 0.3 is 0 Å². The van der Waals surface area contributed by atoms with Crippen LogP contribution in [0.4, 0.5) is 0 Å². The first-order chi connectivity index (χ1) is 4.90. The van der Waals surface area contributed by atoms with Crippen molar-refractivity contribution in [2.24, 2.45) is 5.92 Å². The summed E-state index contributed by atoms with van der Waals surface area (Å²) in [6.07, 6.45) is 2.68. The SMILES string of the molecule is ClNC1CN2CCC1CC2. The maximum Gasteiger partial charge on any atom is 0.0377 e. The first-order valence-electron chi connectivity index (χ1n) is 3.98. The molecule has 0 aromatic heterocycles. The van der Waals surface area contributed by atoms with Gasteiger partial charge in [0.05, 0.1) is 0 Å². The Morgan fingerprint density at radius 1 is 1.30 bits per heavy atom. The Kier molecular flexibility index (Phi) is 1.85. The van der Waals surface area contributed by atoms with Crippen LogP contribution < -0.4 is 4.84 Å². The number of hydrogen-bond acceptors (Lipinski definition) is 2. The van der Waals surface area contributed by atoms with Crippen molar-refractivity contribution >= 4 is 11.8 Å². The minimum atomic E-state index is 0.559. The van der Waals surface area contributed by atoms with Gasteiger partial charge in [-0.2, -0.15) is 0 Å². The second-order valence-electron chi connectivity index (χ2n) is 3.35. The second-order valence-corrected chi connectivity index (χ2v) is 3.57. The van der Waals surface area contributed by atoms with Gasteiger partial charge in [-0.05, 0) is 43.6 Å². The molecule has 3 aliphatic heterocycles. The fourth-order valence-corrected chi connectivity index (χ4v) is 2.34. The third-order valence-electron chi connectivity index (χ3n) is 2.80. The molecule has 3 saturated heterocycles. The number of rotatable bonds is 1. The van der Waals surface area contributed by atoms with E-state index in [-0.39, 0.29) is 0 Å². The van der Waals surface area contributed by atoms with E-state index in [1.807, 2.05) is 0 Å². The normalized spacial score (nSPS) is 45.9. The fraction of sp³-hybridized carbons (Fsp3) is 1.00. The van der Waals surface area contributed by atoms with Crippen molar-refractivity contribution in [1.82, 2.24) is 9.74 Å². The summed E-state index contributed by atoms with van der Waals surface area (Å²) in [7, 11) is 0. The van der Waals surface area contributed by atoms with Crippen molar-refractivity contribution in [3.8, 4) is 0 Å². The van der Waals surface area contributed by atoms with Gasteiger partial charge in [0.1, 0.15) is 0 Å². The summed E-state index contributed by atoms with van der Waals surface area (Å²) in [6, 6.07) is 0.559. The molecule has 10 heavy (non-hydrogen) atoms. The van der Waals surface area contributed by atoms with Crippen LogP contribution in [-0.4, -0.2) is 30.6 Å². The van der Waals surface area contributed by atoms with Gasteiger partial charge in [0.25, 0.3) is 0 Å². The van der Waals surface area contributed by atoms with E-state index < -0.39 is 0 Å². The lowest BCUT2D eigenvalue weighted by Crippen LogP contribution is -2.54. The van der Waals surface area contributed by atoms with E-state index in [1.54, 1.807) is 0 Å². The van der Waals surface area contributed by atoms with Crippen LogP contribution in [0, 0.1) is 5.92 Å². The molecule has 3 fully saturated rings. The quantitative estimate of drug-likeness (QED) is 0.572. The molecular weight excluding hydrogens is 148 g/mol. The molecule has 0 aromatic rings. The summed E-state index contributed by atoms with van der Waals surface area (Å²) in [5.74, 6) is 0.850. The molecule has 3 aliphatic rings. The van der Waals surface area contributed by atoms with Gasteiger partial charge in [0.2, 0.25) is 0 Å². The fourth-order valence-electron chi connectivity index (χ4n) is 2.09. The number of nitrogens with zero attached hydrogens (tertiary/aromatic N) is 1. The average molecular weight is 161 g/mol. The minimum absolute atomic E-state index is 0.559. The summed E-state index contributed by atoms with van der Waals surface area (Å²) in [5, 5.41) is 0. The molecule has 1 N–H and O–H groups in total. The monoisotopic (exact) mass is 160 g/mol. The van der Waals surface area contributed by atoms with Crippen LogP contribution in [0.1, 0.15) is 12.8 Å². The Labute approximate surface area is 66.6 Å². The van der Waals surface area contributed by atoms with Crippen molar-refractivity contribution in [3.63, 3.8) is 0 Å². The molecule has 0 spiro atoms. The van der Waals surface area contributed by atoms with Crippen molar-refractivity contribution in [1.29, 1.82) is 0 Å². The van der Waals surface area contributed by atoms with E-state index in [2.05, 4.69) is 9.74 Å². The van der Waals surface area contributed by atoms with E-state index in [4.69, 9.17) is 11.8 Å². The van der Waals surface area contributed by atoms with Gasteiger partial charge in [-0.1, -0.05) is 0 Å². The number of piperidine rings is 3. The van der Waals surface area contributed by atoms with Crippen LogP contribution in [0.25, 0.3) is 0 Å². The van der Waals surface area contributed by atoms with Gasteiger partial charge in [-0.15, -0.1) is 0 Å². The first-order valence-corrected chi connectivity index (χ1v) is 4.36. The van der Waals surface area contributed by atoms with Crippen LogP contribution in [-0.2, 0) is 0 Å². The van der Waals surface area contributed by atoms with Gasteiger partial charge in [-0.25, -0.2) is 4.84 Å².